The van der Waals surface area contributed by atoms with Crippen LogP contribution in [0.3, 0.4) is 0 Å². The lowest BCUT2D eigenvalue weighted by Gasteiger charge is -2.20. The monoisotopic (exact) mass is 350 g/mol. The molecule has 1 rings (SSSR count). The fourth-order valence-corrected chi connectivity index (χ4v) is 2.29. The molecular formula is C18H30N4O3. The van der Waals surface area contributed by atoms with Crippen LogP contribution in [0.15, 0.2) is 24.3 Å². The second kappa shape index (κ2) is 11.4. The first-order chi connectivity index (χ1) is 11.9. The van der Waals surface area contributed by atoms with E-state index in [1.165, 1.54) is 6.92 Å². The van der Waals surface area contributed by atoms with Crippen LogP contribution in [-0.2, 0) is 4.79 Å². The number of carbonyl (C=O) groups excluding carboxylic acids is 2. The molecule has 25 heavy (non-hydrogen) atoms. The molecular weight excluding hydrogens is 320 g/mol. The van der Waals surface area contributed by atoms with Crippen molar-refractivity contribution in [3.05, 3.63) is 24.3 Å². The predicted octanol–water partition coefficient (Wildman–Crippen LogP) is 2.01. The van der Waals surface area contributed by atoms with Crippen LogP contribution in [0.4, 0.5) is 10.5 Å². The van der Waals surface area contributed by atoms with Crippen molar-refractivity contribution in [2.75, 3.05) is 52.6 Å². The molecule has 0 aliphatic rings. The molecule has 0 heterocycles. The van der Waals surface area contributed by atoms with E-state index in [9.17, 15) is 9.59 Å². The van der Waals surface area contributed by atoms with Gasteiger partial charge in [-0.2, -0.15) is 0 Å². The summed E-state index contributed by atoms with van der Waals surface area (Å²) >= 11 is 0. The Kier molecular flexibility index (Phi) is 9.57. The molecule has 0 spiro atoms. The van der Waals surface area contributed by atoms with Gasteiger partial charge < -0.3 is 25.2 Å². The number of hydrogen-bond acceptors (Lipinski definition) is 5. The number of rotatable bonds is 10. The molecule has 7 nitrogen and oxygen atoms in total. The van der Waals surface area contributed by atoms with E-state index in [1.54, 1.807) is 36.2 Å². The average Bonchev–Trinajstić information content (AvgIpc) is 2.56. The summed E-state index contributed by atoms with van der Waals surface area (Å²) in [6, 6.07) is 6.72. The van der Waals surface area contributed by atoms with Crippen LogP contribution in [0.5, 0.6) is 5.75 Å². The number of hydrogen-bond donors (Lipinski definition) is 2. The highest BCUT2D eigenvalue weighted by molar-refractivity contribution is 5.88. The van der Waals surface area contributed by atoms with Crippen molar-refractivity contribution in [2.45, 2.75) is 19.8 Å². The largest absolute Gasteiger partial charge is 0.414 e. The fraction of sp³-hybridized carbons (Fsp3) is 0.556. The van der Waals surface area contributed by atoms with Gasteiger partial charge in [0.25, 0.3) is 0 Å². The lowest BCUT2D eigenvalue weighted by molar-refractivity contribution is -0.114. The number of amides is 2. The summed E-state index contributed by atoms with van der Waals surface area (Å²) in [5, 5.41) is 5.80. The number of nitrogens with zero attached hydrogens (tertiary/aromatic N) is 2. The summed E-state index contributed by atoms with van der Waals surface area (Å²) in [6.45, 7) is 5.07. The first-order valence-electron chi connectivity index (χ1n) is 8.56. The van der Waals surface area contributed by atoms with Gasteiger partial charge in [-0.15, -0.1) is 0 Å². The van der Waals surface area contributed by atoms with Gasteiger partial charge in [0.2, 0.25) is 5.91 Å². The molecule has 0 atom stereocenters. The maximum absolute atomic E-state index is 12.1. The Hall–Kier alpha value is -2.12. The van der Waals surface area contributed by atoms with E-state index in [4.69, 9.17) is 4.74 Å². The highest BCUT2D eigenvalue weighted by Crippen LogP contribution is 2.16. The molecule has 0 radical (unpaired) electrons. The molecule has 0 saturated heterocycles. The van der Waals surface area contributed by atoms with Gasteiger partial charge in [0.15, 0.2) is 0 Å². The maximum Gasteiger partial charge on any atom is 0.414 e. The van der Waals surface area contributed by atoms with Gasteiger partial charge in [-0.25, -0.2) is 4.79 Å². The molecule has 0 saturated carbocycles. The predicted molar refractivity (Wildman–Crippen MR) is 100 cm³/mol. The summed E-state index contributed by atoms with van der Waals surface area (Å²) in [7, 11) is 5.77. The normalized spacial score (nSPS) is 10.6. The van der Waals surface area contributed by atoms with E-state index >= 15 is 0 Å². The third kappa shape index (κ3) is 9.07. The Morgan fingerprint density at radius 2 is 1.68 bits per heavy atom. The third-order valence-electron chi connectivity index (χ3n) is 3.69. The summed E-state index contributed by atoms with van der Waals surface area (Å²) in [6.07, 6.45) is 1.62. The molecule has 0 fully saturated rings. The molecule has 1 aromatic rings. The van der Waals surface area contributed by atoms with Crippen LogP contribution in [0, 0.1) is 0 Å². The standard InChI is InChI=1S/C18H30N4O3/c1-15(23)20-16-7-9-17(10-8-16)25-18(24)22(4)14-6-13-21(3)12-5-11-19-2/h7-10,19H,5-6,11-14H2,1-4H3,(H,20,23). The van der Waals surface area contributed by atoms with Crippen molar-refractivity contribution < 1.29 is 14.3 Å². The fourth-order valence-electron chi connectivity index (χ4n) is 2.29. The zero-order valence-corrected chi connectivity index (χ0v) is 15.7. The number of nitrogens with one attached hydrogen (secondary N) is 2. The molecule has 0 aromatic heterocycles. The highest BCUT2D eigenvalue weighted by atomic mass is 16.6. The van der Waals surface area contributed by atoms with Gasteiger partial charge in [-0.05, 0) is 70.8 Å². The Morgan fingerprint density at radius 1 is 1.04 bits per heavy atom. The lowest BCUT2D eigenvalue weighted by Crippen LogP contribution is -2.33. The third-order valence-corrected chi connectivity index (χ3v) is 3.69. The first kappa shape index (κ1) is 20.9. The molecule has 0 aliphatic carbocycles. The van der Waals surface area contributed by atoms with E-state index in [2.05, 4.69) is 22.6 Å². The Morgan fingerprint density at radius 3 is 2.28 bits per heavy atom. The molecule has 2 N–H and O–H groups in total. The molecule has 0 bridgehead atoms. The number of ether oxygens (including phenoxy) is 1. The van der Waals surface area contributed by atoms with Crippen molar-refractivity contribution in [1.29, 1.82) is 0 Å². The molecule has 2 amide bonds. The van der Waals surface area contributed by atoms with Crippen LogP contribution < -0.4 is 15.4 Å². The molecule has 140 valence electrons. The molecule has 0 aliphatic heterocycles. The summed E-state index contributed by atoms with van der Waals surface area (Å²) in [4.78, 5) is 26.9. The summed E-state index contributed by atoms with van der Waals surface area (Å²) in [5.74, 6) is 0.315. The number of anilines is 1. The highest BCUT2D eigenvalue weighted by Gasteiger charge is 2.11. The quantitative estimate of drug-likeness (QED) is 0.632. The van der Waals surface area contributed by atoms with Crippen molar-refractivity contribution in [3.63, 3.8) is 0 Å². The lowest BCUT2D eigenvalue weighted by atomic mass is 10.3. The molecule has 0 unspecified atom stereocenters. The molecule has 1 aromatic carbocycles. The van der Waals surface area contributed by atoms with E-state index in [0.717, 1.165) is 32.5 Å². The summed E-state index contributed by atoms with van der Waals surface area (Å²) in [5.41, 5.74) is 0.668. The van der Waals surface area contributed by atoms with Crippen LogP contribution in [-0.4, -0.2) is 69.1 Å². The number of carbonyl (C=O) groups is 2. The smallest absolute Gasteiger partial charge is 0.410 e. The minimum Gasteiger partial charge on any atom is -0.410 e. The molecule has 7 heteroatoms. The van der Waals surface area contributed by atoms with Crippen LogP contribution in [0.2, 0.25) is 0 Å². The number of benzene rings is 1. The maximum atomic E-state index is 12.1. The SMILES string of the molecule is CNCCCN(C)CCCN(C)C(=O)Oc1ccc(NC(C)=O)cc1. The first-order valence-corrected chi connectivity index (χ1v) is 8.56. The minimum atomic E-state index is -0.384. The Balaban J connectivity index is 2.30. The Bertz CT molecular complexity index is 534. The summed E-state index contributed by atoms with van der Waals surface area (Å²) < 4.78 is 5.33. The van der Waals surface area contributed by atoms with Crippen molar-refractivity contribution in [1.82, 2.24) is 15.1 Å². The zero-order chi connectivity index (χ0) is 18.7. The van der Waals surface area contributed by atoms with Gasteiger partial charge in [0.05, 0.1) is 0 Å². The van der Waals surface area contributed by atoms with E-state index in [-0.39, 0.29) is 12.0 Å². The second-order valence-electron chi connectivity index (χ2n) is 6.11. The second-order valence-corrected chi connectivity index (χ2v) is 6.11. The van der Waals surface area contributed by atoms with E-state index in [1.807, 2.05) is 7.05 Å². The Labute approximate surface area is 150 Å². The van der Waals surface area contributed by atoms with E-state index in [0.29, 0.717) is 18.0 Å². The van der Waals surface area contributed by atoms with Gasteiger partial charge in [-0.3, -0.25) is 4.79 Å². The van der Waals surface area contributed by atoms with E-state index < -0.39 is 0 Å². The van der Waals surface area contributed by atoms with Crippen LogP contribution in [0.1, 0.15) is 19.8 Å². The topological polar surface area (TPSA) is 73.9 Å². The van der Waals surface area contributed by atoms with Crippen LogP contribution >= 0.6 is 0 Å². The van der Waals surface area contributed by atoms with Crippen molar-refractivity contribution >= 4 is 17.7 Å². The van der Waals surface area contributed by atoms with Gasteiger partial charge in [-0.1, -0.05) is 0 Å². The van der Waals surface area contributed by atoms with Gasteiger partial charge in [0, 0.05) is 26.2 Å². The van der Waals surface area contributed by atoms with Crippen molar-refractivity contribution in [3.8, 4) is 5.75 Å². The average molecular weight is 350 g/mol. The van der Waals surface area contributed by atoms with Crippen molar-refractivity contribution in [2.24, 2.45) is 0 Å². The van der Waals surface area contributed by atoms with Gasteiger partial charge >= 0.3 is 6.09 Å². The van der Waals surface area contributed by atoms with Crippen LogP contribution in [0.25, 0.3) is 0 Å². The zero-order valence-electron chi connectivity index (χ0n) is 15.7. The minimum absolute atomic E-state index is 0.139. The van der Waals surface area contributed by atoms with Gasteiger partial charge in [0.1, 0.15) is 5.75 Å².